The molecule has 0 bridgehead atoms. The lowest BCUT2D eigenvalue weighted by atomic mass is 10.3. The van der Waals surface area contributed by atoms with Crippen LogP contribution in [0.4, 0.5) is 0 Å². The fraction of sp³-hybridized carbons (Fsp3) is 0.500. The first-order valence-electron chi connectivity index (χ1n) is 6.64. The van der Waals surface area contributed by atoms with Crippen LogP contribution in [0, 0.1) is 0 Å². The Labute approximate surface area is 120 Å². The van der Waals surface area contributed by atoms with Crippen molar-refractivity contribution in [1.82, 2.24) is 20.5 Å². The van der Waals surface area contributed by atoms with Crippen LogP contribution >= 0.6 is 0 Å². The zero-order valence-corrected chi connectivity index (χ0v) is 12.6. The standard InChI is InChI=1S/C14H23N5O/c1-11(2)18-14(17-10-13(20)19(3)4)16-9-12-7-5-6-8-15-12/h5-8,11H,9-10H2,1-4H3,(H2,16,17,18). The van der Waals surface area contributed by atoms with Gasteiger partial charge in [-0.2, -0.15) is 0 Å². The van der Waals surface area contributed by atoms with E-state index in [1.54, 1.807) is 25.2 Å². The van der Waals surface area contributed by atoms with Crippen molar-refractivity contribution in [2.75, 3.05) is 20.6 Å². The van der Waals surface area contributed by atoms with E-state index in [-0.39, 0.29) is 18.5 Å². The van der Waals surface area contributed by atoms with E-state index in [1.807, 2.05) is 32.0 Å². The number of rotatable bonds is 5. The Bertz CT molecular complexity index is 442. The molecule has 0 saturated heterocycles. The molecule has 0 aliphatic rings. The molecular weight excluding hydrogens is 254 g/mol. The molecule has 0 atom stereocenters. The Balaban J connectivity index is 2.61. The van der Waals surface area contributed by atoms with Gasteiger partial charge in [0.15, 0.2) is 5.96 Å². The fourth-order valence-electron chi connectivity index (χ4n) is 1.40. The van der Waals surface area contributed by atoms with E-state index in [9.17, 15) is 4.79 Å². The number of guanidine groups is 1. The van der Waals surface area contributed by atoms with Gasteiger partial charge in [-0.3, -0.25) is 9.78 Å². The Morgan fingerprint density at radius 2 is 2.15 bits per heavy atom. The van der Waals surface area contributed by atoms with Crippen LogP contribution in [0.1, 0.15) is 19.5 Å². The number of likely N-dealkylation sites (N-methyl/N-ethyl adjacent to an activating group) is 1. The SMILES string of the molecule is CC(C)NC(=NCc1ccccn1)NCC(=O)N(C)C. The molecule has 20 heavy (non-hydrogen) atoms. The van der Waals surface area contributed by atoms with Gasteiger partial charge in [0, 0.05) is 26.3 Å². The molecule has 0 aliphatic heterocycles. The number of carbonyl (C=O) groups excluding carboxylic acids is 1. The summed E-state index contributed by atoms with van der Waals surface area (Å²) in [6, 6.07) is 5.95. The van der Waals surface area contributed by atoms with Crippen molar-refractivity contribution in [1.29, 1.82) is 0 Å². The van der Waals surface area contributed by atoms with Crippen molar-refractivity contribution in [2.45, 2.75) is 26.4 Å². The van der Waals surface area contributed by atoms with Crippen molar-refractivity contribution in [3.63, 3.8) is 0 Å². The monoisotopic (exact) mass is 277 g/mol. The number of nitrogens with one attached hydrogen (secondary N) is 2. The van der Waals surface area contributed by atoms with Crippen LogP contribution in [0.15, 0.2) is 29.4 Å². The summed E-state index contributed by atoms with van der Waals surface area (Å²) in [4.78, 5) is 21.8. The maximum Gasteiger partial charge on any atom is 0.241 e. The summed E-state index contributed by atoms with van der Waals surface area (Å²) in [5.74, 6) is 0.613. The molecule has 6 nitrogen and oxygen atoms in total. The predicted octanol–water partition coefficient (Wildman–Crippen LogP) is 0.613. The van der Waals surface area contributed by atoms with Gasteiger partial charge in [-0.05, 0) is 26.0 Å². The van der Waals surface area contributed by atoms with Gasteiger partial charge < -0.3 is 15.5 Å². The number of hydrogen-bond donors (Lipinski definition) is 2. The van der Waals surface area contributed by atoms with Crippen molar-refractivity contribution in [3.05, 3.63) is 30.1 Å². The zero-order chi connectivity index (χ0) is 15.0. The van der Waals surface area contributed by atoms with Crippen molar-refractivity contribution in [2.24, 2.45) is 4.99 Å². The summed E-state index contributed by atoms with van der Waals surface area (Å²) < 4.78 is 0. The Kier molecular flexibility index (Phi) is 6.49. The van der Waals surface area contributed by atoms with Crippen LogP contribution in [0.25, 0.3) is 0 Å². The highest BCUT2D eigenvalue weighted by Gasteiger charge is 2.06. The Morgan fingerprint density at radius 1 is 1.40 bits per heavy atom. The average Bonchev–Trinajstić information content (AvgIpc) is 2.42. The molecule has 0 spiro atoms. The molecule has 0 aromatic carbocycles. The molecule has 0 fully saturated rings. The van der Waals surface area contributed by atoms with E-state index in [0.717, 1.165) is 5.69 Å². The van der Waals surface area contributed by atoms with Gasteiger partial charge in [0.05, 0.1) is 18.8 Å². The van der Waals surface area contributed by atoms with Gasteiger partial charge in [-0.25, -0.2) is 4.99 Å². The number of aromatic nitrogens is 1. The van der Waals surface area contributed by atoms with E-state index in [0.29, 0.717) is 12.5 Å². The minimum atomic E-state index is 0.00101. The average molecular weight is 277 g/mol. The second kappa shape index (κ2) is 8.14. The molecular formula is C14H23N5O. The minimum Gasteiger partial charge on any atom is -0.354 e. The molecule has 6 heteroatoms. The second-order valence-corrected chi connectivity index (χ2v) is 4.93. The number of hydrogen-bond acceptors (Lipinski definition) is 3. The number of amides is 1. The van der Waals surface area contributed by atoms with Gasteiger partial charge in [-0.1, -0.05) is 6.07 Å². The third kappa shape index (κ3) is 6.17. The molecule has 1 amide bonds. The summed E-state index contributed by atoms with van der Waals surface area (Å²) in [6.07, 6.45) is 1.74. The molecule has 0 unspecified atom stereocenters. The summed E-state index contributed by atoms with van der Waals surface area (Å²) in [7, 11) is 3.45. The largest absolute Gasteiger partial charge is 0.354 e. The topological polar surface area (TPSA) is 69.6 Å². The van der Waals surface area contributed by atoms with Gasteiger partial charge in [0.1, 0.15) is 0 Å². The molecule has 1 heterocycles. The van der Waals surface area contributed by atoms with Crippen molar-refractivity contribution < 1.29 is 4.79 Å². The van der Waals surface area contributed by atoms with Crippen LogP contribution in [0.5, 0.6) is 0 Å². The number of nitrogens with zero attached hydrogens (tertiary/aromatic N) is 3. The van der Waals surface area contributed by atoms with Gasteiger partial charge in [-0.15, -0.1) is 0 Å². The highest BCUT2D eigenvalue weighted by Crippen LogP contribution is 1.95. The van der Waals surface area contributed by atoms with E-state index in [1.165, 1.54) is 0 Å². The van der Waals surface area contributed by atoms with Crippen molar-refractivity contribution >= 4 is 11.9 Å². The maximum absolute atomic E-state index is 11.6. The summed E-state index contributed by atoms with van der Waals surface area (Å²) in [6.45, 7) is 4.73. The highest BCUT2D eigenvalue weighted by molar-refractivity contribution is 5.86. The molecule has 1 aromatic rings. The summed E-state index contributed by atoms with van der Waals surface area (Å²) in [5.41, 5.74) is 0.885. The molecule has 2 N–H and O–H groups in total. The quantitative estimate of drug-likeness (QED) is 0.611. The van der Waals surface area contributed by atoms with Crippen LogP contribution in [-0.2, 0) is 11.3 Å². The van der Waals surface area contributed by atoms with E-state index < -0.39 is 0 Å². The highest BCUT2D eigenvalue weighted by atomic mass is 16.2. The molecule has 0 aliphatic carbocycles. The molecule has 110 valence electrons. The first kappa shape index (κ1) is 15.9. The number of aliphatic imine (C=N–C) groups is 1. The first-order chi connectivity index (χ1) is 9.49. The van der Waals surface area contributed by atoms with Gasteiger partial charge in [0.25, 0.3) is 0 Å². The summed E-state index contributed by atoms with van der Waals surface area (Å²) in [5, 5.41) is 6.21. The van der Waals surface area contributed by atoms with Crippen LogP contribution < -0.4 is 10.6 Å². The van der Waals surface area contributed by atoms with E-state index >= 15 is 0 Å². The van der Waals surface area contributed by atoms with Gasteiger partial charge in [0.2, 0.25) is 5.91 Å². The number of carbonyl (C=O) groups is 1. The van der Waals surface area contributed by atoms with Gasteiger partial charge >= 0.3 is 0 Å². The van der Waals surface area contributed by atoms with Crippen LogP contribution in [0.2, 0.25) is 0 Å². The zero-order valence-electron chi connectivity index (χ0n) is 12.6. The maximum atomic E-state index is 11.6. The fourth-order valence-corrected chi connectivity index (χ4v) is 1.40. The minimum absolute atomic E-state index is 0.00101. The smallest absolute Gasteiger partial charge is 0.241 e. The lowest BCUT2D eigenvalue weighted by molar-refractivity contribution is -0.127. The normalized spacial score (nSPS) is 11.3. The number of pyridine rings is 1. The van der Waals surface area contributed by atoms with Crippen molar-refractivity contribution in [3.8, 4) is 0 Å². The summed E-state index contributed by atoms with van der Waals surface area (Å²) >= 11 is 0. The lowest BCUT2D eigenvalue weighted by Gasteiger charge is -2.16. The molecule has 1 rings (SSSR count). The van der Waals surface area contributed by atoms with Crippen LogP contribution in [-0.4, -0.2) is 48.4 Å². The molecule has 0 saturated carbocycles. The van der Waals surface area contributed by atoms with Crippen LogP contribution in [0.3, 0.4) is 0 Å². The Hall–Kier alpha value is -2.11. The predicted molar refractivity (Wildman–Crippen MR) is 80.3 cm³/mol. The third-order valence-electron chi connectivity index (χ3n) is 2.46. The lowest BCUT2D eigenvalue weighted by Crippen LogP contribution is -2.45. The Morgan fingerprint density at radius 3 is 2.70 bits per heavy atom. The third-order valence-corrected chi connectivity index (χ3v) is 2.46. The first-order valence-corrected chi connectivity index (χ1v) is 6.64. The van der Waals surface area contributed by atoms with E-state index in [2.05, 4.69) is 20.6 Å². The van der Waals surface area contributed by atoms with E-state index in [4.69, 9.17) is 0 Å². The molecule has 0 radical (unpaired) electrons. The molecule has 1 aromatic heterocycles. The second-order valence-electron chi connectivity index (χ2n) is 4.93.